The normalized spacial score (nSPS) is 14.6. The quantitative estimate of drug-likeness (QED) is 0.164. The number of halogens is 1. The van der Waals surface area contributed by atoms with Gasteiger partial charge in [0.25, 0.3) is 5.91 Å². The van der Waals surface area contributed by atoms with E-state index in [0.717, 1.165) is 51.8 Å². The number of carbonyl (C=O) groups is 2. The number of ether oxygens (including phenoxy) is 2. The molecule has 0 saturated carbocycles. The number of likely N-dealkylation sites (tertiary alicyclic amines) is 1. The second-order valence-corrected chi connectivity index (χ2v) is 14.2. The maximum absolute atomic E-state index is 14.6. The first-order valence-electron chi connectivity index (χ1n) is 16.7. The second-order valence-electron chi connectivity index (χ2n) is 13.8. The zero-order valence-corrected chi connectivity index (χ0v) is 29.5. The molecule has 49 heavy (non-hydrogen) atoms. The van der Waals surface area contributed by atoms with E-state index >= 15 is 0 Å². The monoisotopic (exact) mass is 675 g/mol. The Kier molecular flexibility index (Phi) is 9.93. The zero-order valence-electron chi connectivity index (χ0n) is 28.7. The molecule has 4 aromatic carbocycles. The highest BCUT2D eigenvalue weighted by Gasteiger charge is 2.34. The van der Waals surface area contributed by atoms with Gasteiger partial charge in [0.15, 0.2) is 0 Å². The van der Waals surface area contributed by atoms with Crippen LogP contribution in [0.15, 0.2) is 97.2 Å². The van der Waals surface area contributed by atoms with Crippen molar-refractivity contribution in [2.45, 2.75) is 58.8 Å². The summed E-state index contributed by atoms with van der Waals surface area (Å²) in [5.41, 5.74) is 6.12. The number of hydrogen-bond donors (Lipinski definition) is 0. The molecule has 0 aliphatic carbocycles. The third-order valence-corrected chi connectivity index (χ3v) is 8.91. The largest absolute Gasteiger partial charge is 0.489 e. The van der Waals surface area contributed by atoms with Gasteiger partial charge in [-0.05, 0) is 105 Å². The van der Waals surface area contributed by atoms with Crippen LogP contribution in [-0.4, -0.2) is 58.6 Å². The highest BCUT2D eigenvalue weighted by molar-refractivity contribution is 6.31. The number of likely N-dealkylation sites (N-methyl/N-ethyl adjacent to an activating group) is 1. The Balaban J connectivity index is 1.37. The number of amides is 2. The van der Waals surface area contributed by atoms with Crippen LogP contribution >= 0.6 is 11.6 Å². The van der Waals surface area contributed by atoms with E-state index in [4.69, 9.17) is 26.1 Å². The van der Waals surface area contributed by atoms with E-state index in [9.17, 15) is 9.59 Å². The van der Waals surface area contributed by atoms with Crippen LogP contribution in [0.5, 0.6) is 5.75 Å². The lowest BCUT2D eigenvalue weighted by Gasteiger charge is -2.31. The lowest BCUT2D eigenvalue weighted by molar-refractivity contribution is 0.0199. The predicted octanol–water partition coefficient (Wildman–Crippen LogP) is 9.58. The average Bonchev–Trinajstić information content (AvgIpc) is 3.54. The molecule has 0 spiro atoms. The van der Waals surface area contributed by atoms with Crippen LogP contribution in [0, 0.1) is 6.92 Å². The fourth-order valence-corrected chi connectivity index (χ4v) is 6.69. The first-order valence-corrected chi connectivity index (χ1v) is 17.1. The number of rotatable bonds is 8. The van der Waals surface area contributed by atoms with Crippen LogP contribution in [0.3, 0.4) is 0 Å². The Bertz CT molecular complexity index is 1970. The molecule has 5 aromatic rings. The minimum atomic E-state index is -0.600. The predicted molar refractivity (Wildman–Crippen MR) is 196 cm³/mol. The van der Waals surface area contributed by atoms with Gasteiger partial charge >= 0.3 is 6.09 Å². The molecule has 2 heterocycles. The summed E-state index contributed by atoms with van der Waals surface area (Å²) in [6.45, 7) is 9.00. The number of benzene rings is 4. The van der Waals surface area contributed by atoms with Crippen LogP contribution in [0.25, 0.3) is 33.2 Å². The third kappa shape index (κ3) is 8.06. The van der Waals surface area contributed by atoms with Crippen molar-refractivity contribution in [2.75, 3.05) is 20.1 Å². The molecule has 7 nitrogen and oxygen atoms in total. The van der Waals surface area contributed by atoms with Crippen molar-refractivity contribution in [3.63, 3.8) is 0 Å². The summed E-state index contributed by atoms with van der Waals surface area (Å²) in [7, 11) is 1.80. The second kappa shape index (κ2) is 14.3. The van der Waals surface area contributed by atoms with Crippen LogP contribution in [0.1, 0.15) is 55.1 Å². The zero-order chi connectivity index (χ0) is 34.7. The maximum atomic E-state index is 14.6. The van der Waals surface area contributed by atoms with Crippen LogP contribution in [-0.2, 0) is 11.3 Å². The maximum Gasteiger partial charge on any atom is 0.410 e. The molecular formula is C41H42ClN3O4. The van der Waals surface area contributed by atoms with Gasteiger partial charge in [0.1, 0.15) is 18.0 Å². The van der Waals surface area contributed by atoms with E-state index in [-0.39, 0.29) is 18.0 Å². The fraction of sp³-hybridized carbons (Fsp3) is 0.293. The van der Waals surface area contributed by atoms with E-state index in [2.05, 4.69) is 0 Å². The first-order chi connectivity index (χ1) is 23.4. The van der Waals surface area contributed by atoms with Gasteiger partial charge in [-0.1, -0.05) is 66.2 Å². The molecule has 1 aliphatic heterocycles. The van der Waals surface area contributed by atoms with Crippen LogP contribution in [0.2, 0.25) is 5.02 Å². The minimum Gasteiger partial charge on any atom is -0.489 e. The smallest absolute Gasteiger partial charge is 0.410 e. The number of nitrogens with zero attached hydrogens (tertiary/aromatic N) is 3. The Morgan fingerprint density at radius 2 is 1.71 bits per heavy atom. The van der Waals surface area contributed by atoms with E-state index < -0.39 is 5.60 Å². The van der Waals surface area contributed by atoms with Crippen molar-refractivity contribution < 1.29 is 19.1 Å². The molecule has 0 radical (unpaired) electrons. The van der Waals surface area contributed by atoms with Crippen LogP contribution in [0.4, 0.5) is 4.79 Å². The topological polar surface area (TPSA) is 72.0 Å². The summed E-state index contributed by atoms with van der Waals surface area (Å²) in [6.07, 6.45) is 3.06. The molecule has 6 rings (SSSR count). The number of fused-ring (bicyclic) bond motifs is 1. The number of aromatic nitrogens is 1. The summed E-state index contributed by atoms with van der Waals surface area (Å²) in [4.78, 5) is 36.0. The molecule has 0 unspecified atom stereocenters. The molecule has 2 amide bonds. The van der Waals surface area contributed by atoms with Crippen molar-refractivity contribution in [3.05, 3.63) is 119 Å². The fourth-order valence-electron chi connectivity index (χ4n) is 6.40. The van der Waals surface area contributed by atoms with E-state index in [1.807, 2.05) is 119 Å². The van der Waals surface area contributed by atoms with Gasteiger partial charge in [0.05, 0.1) is 17.1 Å². The summed E-state index contributed by atoms with van der Waals surface area (Å²) in [5.74, 6) is 0.595. The lowest BCUT2D eigenvalue weighted by Crippen LogP contribution is -2.45. The standard InChI is InChI=1S/C41H42ClN3O4/c1-27-19-31(21-32(42)20-27)36-24-43-37-17-16-30(29-13-9-15-34(22-29)48-26-28-11-7-6-8-12-28)23-35(37)38(36)39(46)44(5)25-33-14-10-18-45(33)40(47)49-41(2,3)4/h6-9,11-13,15-17,19-24,33H,10,14,18,25-26H2,1-5H3/t33-/m0/s1. The molecule has 1 aliphatic rings. The van der Waals surface area contributed by atoms with Crippen molar-refractivity contribution in [1.82, 2.24) is 14.8 Å². The van der Waals surface area contributed by atoms with Gasteiger partial charge in [-0.3, -0.25) is 9.78 Å². The third-order valence-electron chi connectivity index (χ3n) is 8.69. The van der Waals surface area contributed by atoms with Crippen molar-refractivity contribution in [3.8, 4) is 28.0 Å². The first kappa shape index (κ1) is 34.0. The summed E-state index contributed by atoms with van der Waals surface area (Å²) in [5, 5.41) is 1.32. The number of pyridine rings is 1. The number of aryl methyl sites for hydroxylation is 1. The summed E-state index contributed by atoms with van der Waals surface area (Å²) in [6, 6.07) is 29.7. The molecule has 252 valence electrons. The number of carbonyl (C=O) groups excluding carboxylic acids is 2. The highest BCUT2D eigenvalue weighted by atomic mass is 35.5. The average molecular weight is 676 g/mol. The number of hydrogen-bond acceptors (Lipinski definition) is 5. The van der Waals surface area contributed by atoms with Gasteiger partial charge in [0.2, 0.25) is 0 Å². The van der Waals surface area contributed by atoms with Gasteiger partial charge in [0, 0.05) is 42.3 Å². The Morgan fingerprint density at radius 3 is 2.47 bits per heavy atom. The van der Waals surface area contributed by atoms with Gasteiger partial charge in [-0.2, -0.15) is 0 Å². The molecule has 1 saturated heterocycles. The molecule has 0 bridgehead atoms. The van der Waals surface area contributed by atoms with Crippen LogP contribution < -0.4 is 4.74 Å². The van der Waals surface area contributed by atoms with Crippen molar-refractivity contribution in [2.24, 2.45) is 0 Å². The summed E-state index contributed by atoms with van der Waals surface area (Å²) >= 11 is 6.53. The van der Waals surface area contributed by atoms with E-state index in [1.54, 1.807) is 23.0 Å². The Morgan fingerprint density at radius 1 is 0.939 bits per heavy atom. The molecular weight excluding hydrogens is 634 g/mol. The SMILES string of the molecule is Cc1cc(Cl)cc(-c2cnc3ccc(-c4cccc(OCc5ccccc5)c4)cc3c2C(=O)N(C)C[C@@H]2CCCN2C(=O)OC(C)(C)C)c1. The van der Waals surface area contributed by atoms with Gasteiger partial charge < -0.3 is 19.3 Å². The highest BCUT2D eigenvalue weighted by Crippen LogP contribution is 2.35. The molecule has 1 fully saturated rings. The van der Waals surface area contributed by atoms with Crippen molar-refractivity contribution >= 4 is 34.5 Å². The minimum absolute atomic E-state index is 0.150. The van der Waals surface area contributed by atoms with Gasteiger partial charge in [-0.25, -0.2) is 4.79 Å². The molecule has 0 N–H and O–H groups in total. The molecule has 1 aromatic heterocycles. The molecule has 8 heteroatoms. The molecule has 1 atom stereocenters. The van der Waals surface area contributed by atoms with E-state index in [1.165, 1.54) is 0 Å². The van der Waals surface area contributed by atoms with Crippen molar-refractivity contribution in [1.29, 1.82) is 0 Å². The summed E-state index contributed by atoms with van der Waals surface area (Å²) < 4.78 is 11.8. The van der Waals surface area contributed by atoms with E-state index in [0.29, 0.717) is 41.4 Å². The Hall–Kier alpha value is -4.88. The Labute approximate surface area is 293 Å². The lowest BCUT2D eigenvalue weighted by atomic mass is 9.93. The van der Waals surface area contributed by atoms with Gasteiger partial charge in [-0.15, -0.1) is 0 Å².